The molecular formula is C14H10Cl2N2O3S. The van der Waals surface area contributed by atoms with Crippen molar-refractivity contribution in [2.75, 3.05) is 11.1 Å². The molecule has 0 spiro atoms. The number of rotatable bonds is 5. The van der Waals surface area contributed by atoms with Crippen LogP contribution >= 0.6 is 35.0 Å². The monoisotopic (exact) mass is 356 g/mol. The molecule has 2 aromatic rings. The first kappa shape index (κ1) is 16.6. The highest BCUT2D eigenvalue weighted by atomic mass is 35.5. The average Bonchev–Trinajstić information content (AvgIpc) is 2.48. The molecule has 0 aliphatic rings. The van der Waals surface area contributed by atoms with Gasteiger partial charge in [-0.05, 0) is 18.2 Å². The number of nitro benzene ring substituents is 1. The number of benzene rings is 2. The normalized spacial score (nSPS) is 10.3. The predicted octanol–water partition coefficient (Wildman–Crippen LogP) is 4.63. The van der Waals surface area contributed by atoms with Crippen molar-refractivity contribution in [1.29, 1.82) is 0 Å². The fraction of sp³-hybridized carbons (Fsp3) is 0.0714. The number of hydrogen-bond acceptors (Lipinski definition) is 4. The summed E-state index contributed by atoms with van der Waals surface area (Å²) in [5.74, 6) is -0.213. The first-order valence-electron chi connectivity index (χ1n) is 6.08. The largest absolute Gasteiger partial charge is 0.324 e. The van der Waals surface area contributed by atoms with Gasteiger partial charge in [0.05, 0.1) is 26.4 Å². The van der Waals surface area contributed by atoms with Gasteiger partial charge in [-0.15, -0.1) is 11.8 Å². The van der Waals surface area contributed by atoms with Crippen LogP contribution in [0.4, 0.5) is 11.4 Å². The second-order valence-electron chi connectivity index (χ2n) is 4.19. The summed E-state index contributed by atoms with van der Waals surface area (Å²) in [4.78, 5) is 22.9. The van der Waals surface area contributed by atoms with E-state index < -0.39 is 4.92 Å². The first-order valence-corrected chi connectivity index (χ1v) is 7.82. The zero-order valence-electron chi connectivity index (χ0n) is 11.1. The third-order valence-corrected chi connectivity index (χ3v) is 4.48. The highest BCUT2D eigenvalue weighted by molar-refractivity contribution is 8.00. The van der Waals surface area contributed by atoms with Gasteiger partial charge in [0.25, 0.3) is 5.69 Å². The molecule has 0 fully saturated rings. The molecule has 114 valence electrons. The van der Waals surface area contributed by atoms with Gasteiger partial charge in [0.15, 0.2) is 0 Å². The summed E-state index contributed by atoms with van der Waals surface area (Å²) < 4.78 is 0. The van der Waals surface area contributed by atoms with E-state index in [2.05, 4.69) is 5.32 Å². The van der Waals surface area contributed by atoms with Crippen LogP contribution in [0.3, 0.4) is 0 Å². The molecule has 5 nitrogen and oxygen atoms in total. The van der Waals surface area contributed by atoms with Gasteiger partial charge in [0, 0.05) is 17.0 Å². The number of nitrogens with zero attached hydrogens (tertiary/aromatic N) is 1. The number of non-ortho nitro benzene ring substituents is 1. The van der Waals surface area contributed by atoms with Crippen molar-refractivity contribution < 1.29 is 9.72 Å². The molecule has 22 heavy (non-hydrogen) atoms. The van der Waals surface area contributed by atoms with Gasteiger partial charge in [-0.25, -0.2) is 0 Å². The van der Waals surface area contributed by atoms with E-state index in [1.54, 1.807) is 18.2 Å². The van der Waals surface area contributed by atoms with Crippen LogP contribution in [0.15, 0.2) is 47.4 Å². The van der Waals surface area contributed by atoms with Crippen LogP contribution in [-0.2, 0) is 4.79 Å². The van der Waals surface area contributed by atoms with Crippen molar-refractivity contribution in [3.63, 3.8) is 0 Å². The molecule has 0 saturated heterocycles. The lowest BCUT2D eigenvalue weighted by Gasteiger charge is -2.07. The number of amides is 1. The van der Waals surface area contributed by atoms with Crippen molar-refractivity contribution in [1.82, 2.24) is 0 Å². The van der Waals surface area contributed by atoms with Gasteiger partial charge in [-0.2, -0.15) is 0 Å². The van der Waals surface area contributed by atoms with Crippen LogP contribution in [0, 0.1) is 10.1 Å². The second-order valence-corrected chi connectivity index (χ2v) is 6.02. The van der Waals surface area contributed by atoms with E-state index in [1.807, 2.05) is 6.07 Å². The molecule has 0 radical (unpaired) electrons. The number of carbonyl (C=O) groups excluding carboxylic acids is 1. The van der Waals surface area contributed by atoms with E-state index in [-0.39, 0.29) is 28.1 Å². The quantitative estimate of drug-likeness (QED) is 0.481. The molecule has 0 aromatic heterocycles. The highest BCUT2D eigenvalue weighted by Crippen LogP contribution is 2.29. The smallest absolute Gasteiger partial charge is 0.271 e. The summed E-state index contributed by atoms with van der Waals surface area (Å²) in [6, 6.07) is 11.0. The molecule has 0 aliphatic carbocycles. The van der Waals surface area contributed by atoms with Gasteiger partial charge < -0.3 is 5.32 Å². The molecule has 0 atom stereocenters. The van der Waals surface area contributed by atoms with Gasteiger partial charge in [-0.1, -0.05) is 35.3 Å². The molecule has 1 amide bonds. The Morgan fingerprint density at radius 3 is 2.59 bits per heavy atom. The van der Waals surface area contributed by atoms with Gasteiger partial charge >= 0.3 is 0 Å². The summed E-state index contributed by atoms with van der Waals surface area (Å²) in [6.45, 7) is 0. The number of hydrogen-bond donors (Lipinski definition) is 1. The van der Waals surface area contributed by atoms with E-state index >= 15 is 0 Å². The summed E-state index contributed by atoms with van der Waals surface area (Å²) in [5.41, 5.74) is 0.0686. The Bertz CT molecular complexity index is 725. The van der Waals surface area contributed by atoms with Crippen molar-refractivity contribution in [3.05, 3.63) is 62.6 Å². The number of halogens is 2. The first-order chi connectivity index (χ1) is 10.5. The number of carbonyl (C=O) groups is 1. The maximum absolute atomic E-state index is 11.9. The molecule has 2 rings (SSSR count). The lowest BCUT2D eigenvalue weighted by atomic mass is 10.3. The van der Waals surface area contributed by atoms with Crippen LogP contribution in [0.25, 0.3) is 0 Å². The number of nitrogens with one attached hydrogen (secondary N) is 1. The van der Waals surface area contributed by atoms with E-state index in [1.165, 1.54) is 30.0 Å². The second kappa shape index (κ2) is 7.49. The van der Waals surface area contributed by atoms with Crippen LogP contribution in [0.1, 0.15) is 0 Å². The Morgan fingerprint density at radius 1 is 1.18 bits per heavy atom. The summed E-state index contributed by atoms with van der Waals surface area (Å²) >= 11 is 13.2. The van der Waals surface area contributed by atoms with E-state index in [0.29, 0.717) is 5.02 Å². The van der Waals surface area contributed by atoms with Gasteiger partial charge in [0.1, 0.15) is 0 Å². The molecule has 8 heteroatoms. The van der Waals surface area contributed by atoms with E-state index in [4.69, 9.17) is 23.2 Å². The topological polar surface area (TPSA) is 72.2 Å². The third-order valence-electron chi connectivity index (χ3n) is 2.63. The van der Waals surface area contributed by atoms with Crippen LogP contribution < -0.4 is 5.32 Å². The van der Waals surface area contributed by atoms with E-state index in [0.717, 1.165) is 4.90 Å². The lowest BCUT2D eigenvalue weighted by molar-refractivity contribution is -0.384. The summed E-state index contributed by atoms with van der Waals surface area (Å²) in [6.07, 6.45) is 0. The van der Waals surface area contributed by atoms with Crippen LogP contribution in [0.2, 0.25) is 10.0 Å². The Kier molecular flexibility index (Phi) is 5.65. The SMILES string of the molecule is O=C(CSc1ccccc1Cl)Nc1cc([N+](=O)[O-])ccc1Cl. The Morgan fingerprint density at radius 2 is 1.91 bits per heavy atom. The number of nitro groups is 1. The molecule has 2 aromatic carbocycles. The summed E-state index contributed by atoms with van der Waals surface area (Å²) in [7, 11) is 0. The fourth-order valence-electron chi connectivity index (χ4n) is 1.61. The highest BCUT2D eigenvalue weighted by Gasteiger charge is 2.12. The van der Waals surface area contributed by atoms with Crippen molar-refractivity contribution in [2.45, 2.75) is 4.90 Å². The minimum absolute atomic E-state index is 0.114. The predicted molar refractivity (Wildman–Crippen MR) is 88.9 cm³/mol. The minimum Gasteiger partial charge on any atom is -0.324 e. The zero-order valence-corrected chi connectivity index (χ0v) is 13.4. The molecule has 0 saturated carbocycles. The lowest BCUT2D eigenvalue weighted by Crippen LogP contribution is -2.14. The Hall–Kier alpha value is -1.76. The maximum atomic E-state index is 11.9. The van der Waals surface area contributed by atoms with Crippen molar-refractivity contribution in [3.8, 4) is 0 Å². The molecule has 1 N–H and O–H groups in total. The molecule has 0 bridgehead atoms. The zero-order chi connectivity index (χ0) is 16.1. The third kappa shape index (κ3) is 4.37. The Balaban J connectivity index is 2.02. The molecule has 0 heterocycles. The maximum Gasteiger partial charge on any atom is 0.271 e. The van der Waals surface area contributed by atoms with Gasteiger partial charge in [0.2, 0.25) is 5.91 Å². The van der Waals surface area contributed by atoms with Crippen molar-refractivity contribution >= 4 is 52.2 Å². The van der Waals surface area contributed by atoms with E-state index in [9.17, 15) is 14.9 Å². The number of thioether (sulfide) groups is 1. The van der Waals surface area contributed by atoms with Crippen molar-refractivity contribution in [2.24, 2.45) is 0 Å². The molecule has 0 aliphatic heterocycles. The molecular weight excluding hydrogens is 347 g/mol. The Labute approximate surface area is 140 Å². The fourth-order valence-corrected chi connectivity index (χ4v) is 2.82. The standard InChI is InChI=1S/C14H10Cl2N2O3S/c15-10-6-5-9(18(20)21)7-12(10)17-14(19)8-22-13-4-2-1-3-11(13)16/h1-7H,8H2,(H,17,19). The van der Waals surface area contributed by atoms with Crippen LogP contribution in [0.5, 0.6) is 0 Å². The number of anilines is 1. The van der Waals surface area contributed by atoms with Crippen LogP contribution in [-0.4, -0.2) is 16.6 Å². The average molecular weight is 357 g/mol. The van der Waals surface area contributed by atoms with Gasteiger partial charge in [-0.3, -0.25) is 14.9 Å². The minimum atomic E-state index is -0.551. The summed E-state index contributed by atoms with van der Waals surface area (Å²) in [5, 5.41) is 14.1. The molecule has 0 unspecified atom stereocenters.